The number of aliphatic hydroxyl groups excluding tert-OH is 6. The molecule has 178 valence electrons. The SMILES string of the molecule is CCCSCC(O)CSCC(O)CSCCO.OCCSCC(O)CSCCO. The molecular formula is C18H40O6S5. The summed E-state index contributed by atoms with van der Waals surface area (Å²) in [4.78, 5) is 0. The first kappa shape index (κ1) is 32.7. The van der Waals surface area contributed by atoms with E-state index in [1.54, 1.807) is 58.8 Å². The molecule has 29 heavy (non-hydrogen) atoms. The number of rotatable bonds is 20. The predicted octanol–water partition coefficient (Wildman–Crippen LogP) is 1.11. The van der Waals surface area contributed by atoms with E-state index in [1.807, 2.05) is 0 Å². The maximum Gasteiger partial charge on any atom is 0.0720 e. The second kappa shape index (κ2) is 27.5. The normalized spacial score (nSPS) is 13.2. The topological polar surface area (TPSA) is 121 Å². The van der Waals surface area contributed by atoms with Crippen LogP contribution in [0, 0.1) is 0 Å². The molecule has 0 radical (unpaired) electrons. The summed E-state index contributed by atoms with van der Waals surface area (Å²) in [7, 11) is 0. The fourth-order valence-electron chi connectivity index (χ4n) is 1.70. The van der Waals surface area contributed by atoms with Crippen LogP contribution in [-0.4, -0.2) is 126 Å². The van der Waals surface area contributed by atoms with Crippen molar-refractivity contribution in [3.63, 3.8) is 0 Å². The van der Waals surface area contributed by atoms with Crippen LogP contribution in [0.1, 0.15) is 13.3 Å². The van der Waals surface area contributed by atoms with Crippen LogP contribution in [0.2, 0.25) is 0 Å². The minimum Gasteiger partial charge on any atom is -0.396 e. The zero-order valence-corrected chi connectivity index (χ0v) is 21.4. The van der Waals surface area contributed by atoms with Gasteiger partial charge in [-0.2, -0.15) is 58.8 Å². The summed E-state index contributed by atoms with van der Waals surface area (Å²) in [6.45, 7) is 2.63. The summed E-state index contributed by atoms with van der Waals surface area (Å²) in [5.41, 5.74) is 0. The van der Waals surface area contributed by atoms with E-state index in [0.29, 0.717) is 46.0 Å². The molecule has 0 aliphatic heterocycles. The van der Waals surface area contributed by atoms with Crippen molar-refractivity contribution in [3.8, 4) is 0 Å². The Hall–Kier alpha value is 1.51. The van der Waals surface area contributed by atoms with Crippen LogP contribution in [0.25, 0.3) is 0 Å². The summed E-state index contributed by atoms with van der Waals surface area (Å²) in [5, 5.41) is 54.0. The van der Waals surface area contributed by atoms with E-state index in [4.69, 9.17) is 15.3 Å². The van der Waals surface area contributed by atoms with Crippen molar-refractivity contribution in [1.29, 1.82) is 0 Å². The number of thioether (sulfide) groups is 5. The third kappa shape index (κ3) is 29.5. The molecule has 2 atom stereocenters. The molecule has 0 aromatic rings. The quantitative estimate of drug-likeness (QED) is 0.132. The van der Waals surface area contributed by atoms with Gasteiger partial charge in [-0.3, -0.25) is 0 Å². The van der Waals surface area contributed by atoms with Crippen molar-refractivity contribution in [1.82, 2.24) is 0 Å². The number of hydrogen-bond donors (Lipinski definition) is 6. The molecule has 0 fully saturated rings. The highest BCUT2D eigenvalue weighted by atomic mass is 32.2. The molecule has 6 nitrogen and oxygen atoms in total. The highest BCUT2D eigenvalue weighted by molar-refractivity contribution is 8.01. The van der Waals surface area contributed by atoms with Crippen LogP contribution >= 0.6 is 58.8 Å². The van der Waals surface area contributed by atoms with Gasteiger partial charge in [-0.1, -0.05) is 6.92 Å². The Morgan fingerprint density at radius 1 is 0.483 bits per heavy atom. The minimum absolute atomic E-state index is 0.165. The molecule has 0 saturated carbocycles. The summed E-state index contributed by atoms with van der Waals surface area (Å²) < 4.78 is 0. The minimum atomic E-state index is -0.341. The van der Waals surface area contributed by atoms with Crippen LogP contribution in [0.15, 0.2) is 0 Å². The molecule has 0 rings (SSSR count). The average Bonchev–Trinajstić information content (AvgIpc) is 2.69. The Kier molecular flexibility index (Phi) is 31.0. The molecule has 0 aromatic carbocycles. The number of hydrogen-bond acceptors (Lipinski definition) is 11. The zero-order valence-electron chi connectivity index (χ0n) is 17.4. The zero-order chi connectivity index (χ0) is 22.2. The first-order chi connectivity index (χ1) is 14.0. The first-order valence-corrected chi connectivity index (χ1v) is 15.5. The van der Waals surface area contributed by atoms with Gasteiger partial charge in [0.05, 0.1) is 38.1 Å². The van der Waals surface area contributed by atoms with Crippen molar-refractivity contribution in [3.05, 3.63) is 0 Å². The van der Waals surface area contributed by atoms with Gasteiger partial charge in [0, 0.05) is 51.8 Å². The molecule has 0 amide bonds. The van der Waals surface area contributed by atoms with Gasteiger partial charge in [-0.25, -0.2) is 0 Å². The van der Waals surface area contributed by atoms with Crippen LogP contribution in [0.3, 0.4) is 0 Å². The molecule has 2 unspecified atom stereocenters. The summed E-state index contributed by atoms with van der Waals surface area (Å²) in [5.74, 6) is 7.28. The maximum absolute atomic E-state index is 9.64. The fourth-order valence-corrected chi connectivity index (χ4v) is 5.97. The molecule has 0 aliphatic carbocycles. The molecule has 11 heteroatoms. The van der Waals surface area contributed by atoms with Gasteiger partial charge in [-0.05, 0) is 12.2 Å². The standard InChI is InChI=1S/C11H24O3S3.C7H16O3S2/c1-2-4-15-6-10(13)8-17-9-11(14)7-16-5-3-12;8-1-3-11-5-7(10)6-12-4-2-9/h10-14H,2-9H2,1H3;7-10H,1-6H2. The van der Waals surface area contributed by atoms with Crippen LogP contribution < -0.4 is 0 Å². The average molecular weight is 513 g/mol. The summed E-state index contributed by atoms with van der Waals surface area (Å²) in [6.07, 6.45) is 0.213. The molecule has 0 spiro atoms. The van der Waals surface area contributed by atoms with E-state index in [1.165, 1.54) is 0 Å². The van der Waals surface area contributed by atoms with Crippen molar-refractivity contribution >= 4 is 58.8 Å². The number of aliphatic hydroxyl groups is 6. The van der Waals surface area contributed by atoms with E-state index < -0.39 is 0 Å². The lowest BCUT2D eigenvalue weighted by atomic mass is 10.5. The fraction of sp³-hybridized carbons (Fsp3) is 1.00. The van der Waals surface area contributed by atoms with E-state index in [-0.39, 0.29) is 38.1 Å². The lowest BCUT2D eigenvalue weighted by Gasteiger charge is -2.12. The van der Waals surface area contributed by atoms with E-state index >= 15 is 0 Å². The van der Waals surface area contributed by atoms with E-state index in [9.17, 15) is 15.3 Å². The maximum atomic E-state index is 9.64. The van der Waals surface area contributed by atoms with Gasteiger partial charge in [0.25, 0.3) is 0 Å². The third-order valence-corrected chi connectivity index (χ3v) is 8.75. The van der Waals surface area contributed by atoms with Crippen molar-refractivity contribution in [2.45, 2.75) is 31.7 Å². The molecule has 0 saturated heterocycles. The van der Waals surface area contributed by atoms with Gasteiger partial charge in [0.15, 0.2) is 0 Å². The van der Waals surface area contributed by atoms with Gasteiger partial charge < -0.3 is 30.6 Å². The molecule has 0 aromatic heterocycles. The van der Waals surface area contributed by atoms with E-state index in [0.717, 1.165) is 17.9 Å². The second-order valence-electron chi connectivity index (χ2n) is 5.97. The van der Waals surface area contributed by atoms with Gasteiger partial charge in [0.1, 0.15) is 0 Å². The van der Waals surface area contributed by atoms with Gasteiger partial charge >= 0.3 is 0 Å². The molecule has 6 N–H and O–H groups in total. The van der Waals surface area contributed by atoms with Crippen LogP contribution in [0.4, 0.5) is 0 Å². The molecule has 0 heterocycles. The van der Waals surface area contributed by atoms with Crippen molar-refractivity contribution < 1.29 is 30.6 Å². The molecule has 0 aliphatic rings. The van der Waals surface area contributed by atoms with Crippen LogP contribution in [0.5, 0.6) is 0 Å². The monoisotopic (exact) mass is 512 g/mol. The second-order valence-corrected chi connectivity index (χ2v) is 11.6. The Morgan fingerprint density at radius 3 is 1.03 bits per heavy atom. The lowest BCUT2D eigenvalue weighted by molar-refractivity contribution is 0.220. The lowest BCUT2D eigenvalue weighted by Crippen LogP contribution is -2.18. The summed E-state index contributed by atoms with van der Waals surface area (Å²) >= 11 is 8.02. The first-order valence-electron chi connectivity index (χ1n) is 9.77. The Labute approximate surface area is 197 Å². The van der Waals surface area contributed by atoms with Crippen LogP contribution in [-0.2, 0) is 0 Å². The van der Waals surface area contributed by atoms with Gasteiger partial charge in [-0.15, -0.1) is 0 Å². The largest absolute Gasteiger partial charge is 0.396 e. The van der Waals surface area contributed by atoms with Crippen molar-refractivity contribution in [2.24, 2.45) is 0 Å². The third-order valence-electron chi connectivity index (χ3n) is 2.92. The van der Waals surface area contributed by atoms with Gasteiger partial charge in [0.2, 0.25) is 0 Å². The highest BCUT2D eigenvalue weighted by Crippen LogP contribution is 2.13. The Bertz CT molecular complexity index is 282. The predicted molar refractivity (Wildman–Crippen MR) is 136 cm³/mol. The Morgan fingerprint density at radius 2 is 0.759 bits per heavy atom. The Balaban J connectivity index is 0. The molecule has 0 bridgehead atoms. The molecular weight excluding hydrogens is 473 g/mol. The van der Waals surface area contributed by atoms with E-state index in [2.05, 4.69) is 6.92 Å². The van der Waals surface area contributed by atoms with Crippen molar-refractivity contribution in [2.75, 3.05) is 77.3 Å². The highest BCUT2D eigenvalue weighted by Gasteiger charge is 2.08. The smallest absolute Gasteiger partial charge is 0.0720 e. The summed E-state index contributed by atoms with van der Waals surface area (Å²) in [6, 6.07) is 0.